The number of nitrogens with zero attached hydrogens (tertiary/aromatic N) is 1. The highest BCUT2D eigenvalue weighted by molar-refractivity contribution is 7.90. The second kappa shape index (κ2) is 7.77. The average Bonchev–Trinajstić information content (AvgIpc) is 2.53. The number of benzene rings is 1. The lowest BCUT2D eigenvalue weighted by Crippen LogP contribution is -2.14. The molecular weight excluding hydrogens is 348 g/mol. The number of aromatic nitrogens is 1. The number of pyridine rings is 1. The Morgan fingerprint density at radius 2 is 2.00 bits per heavy atom. The molecule has 1 N–H and O–H groups in total. The number of sulfone groups is 1. The van der Waals surface area contributed by atoms with E-state index in [1.54, 1.807) is 12.3 Å². The highest BCUT2D eigenvalue weighted by Gasteiger charge is 2.16. The van der Waals surface area contributed by atoms with Gasteiger partial charge in [0.15, 0.2) is 9.84 Å². The van der Waals surface area contributed by atoms with Crippen LogP contribution in [0.4, 0.5) is 5.82 Å². The molecule has 2 aromatic rings. The van der Waals surface area contributed by atoms with Crippen molar-refractivity contribution in [2.75, 3.05) is 11.6 Å². The first-order chi connectivity index (χ1) is 11.3. The molecule has 0 saturated heterocycles. The number of unbranched alkanes of at least 4 members (excludes halogenated alkanes) is 1. The first kappa shape index (κ1) is 18.4. The summed E-state index contributed by atoms with van der Waals surface area (Å²) in [6.07, 6.45) is 5.93. The molecule has 24 heavy (non-hydrogen) atoms. The van der Waals surface area contributed by atoms with Gasteiger partial charge in [-0.15, -0.1) is 0 Å². The van der Waals surface area contributed by atoms with Gasteiger partial charge in [0.2, 0.25) is 0 Å². The Morgan fingerprint density at radius 1 is 1.25 bits per heavy atom. The Kier molecular flexibility index (Phi) is 5.96. The summed E-state index contributed by atoms with van der Waals surface area (Å²) in [5.74, 6) is -0.0264. The predicted molar refractivity (Wildman–Crippen MR) is 95.4 cm³/mol. The van der Waals surface area contributed by atoms with Crippen LogP contribution in [0.25, 0.3) is 0 Å². The molecule has 0 aliphatic rings. The number of carbonyl (C=O) groups excluding carboxylic acids is 1. The van der Waals surface area contributed by atoms with Gasteiger partial charge in [-0.3, -0.25) is 4.79 Å². The van der Waals surface area contributed by atoms with Gasteiger partial charge in [0.25, 0.3) is 5.91 Å². The van der Waals surface area contributed by atoms with E-state index in [2.05, 4.69) is 17.2 Å². The third-order valence-corrected chi connectivity index (χ3v) is 5.06. The fourth-order valence-electron chi connectivity index (χ4n) is 2.14. The maximum atomic E-state index is 12.3. The summed E-state index contributed by atoms with van der Waals surface area (Å²) < 4.78 is 23.4. The van der Waals surface area contributed by atoms with Crippen molar-refractivity contribution in [3.63, 3.8) is 0 Å². The number of halogens is 1. The standard InChI is InChI=1S/C17H19ClN2O3S/c1-3-4-5-12-6-9-16(19-11-12)20-17(21)13-7-8-14(18)15(10-13)24(2,22)23/h6-11H,3-5H2,1-2H3,(H,19,20,21). The van der Waals surface area contributed by atoms with Crippen molar-refractivity contribution >= 4 is 33.2 Å². The van der Waals surface area contributed by atoms with Crippen LogP contribution in [0.5, 0.6) is 0 Å². The molecule has 1 amide bonds. The number of aryl methyl sites for hydroxylation is 1. The molecule has 5 nitrogen and oxygen atoms in total. The third-order valence-electron chi connectivity index (χ3n) is 3.48. The monoisotopic (exact) mass is 366 g/mol. The lowest BCUT2D eigenvalue weighted by molar-refractivity contribution is 0.102. The van der Waals surface area contributed by atoms with E-state index < -0.39 is 15.7 Å². The number of amides is 1. The van der Waals surface area contributed by atoms with E-state index in [4.69, 9.17) is 11.6 Å². The fraction of sp³-hybridized carbons (Fsp3) is 0.294. The molecule has 0 atom stereocenters. The van der Waals surface area contributed by atoms with E-state index >= 15 is 0 Å². The van der Waals surface area contributed by atoms with E-state index in [-0.39, 0.29) is 15.5 Å². The Balaban J connectivity index is 2.15. The van der Waals surface area contributed by atoms with Crippen molar-refractivity contribution < 1.29 is 13.2 Å². The van der Waals surface area contributed by atoms with Crippen LogP contribution < -0.4 is 5.32 Å². The zero-order valence-corrected chi connectivity index (χ0v) is 15.1. The highest BCUT2D eigenvalue weighted by atomic mass is 35.5. The van der Waals surface area contributed by atoms with Crippen LogP contribution in [-0.4, -0.2) is 25.6 Å². The number of rotatable bonds is 6. The molecule has 128 valence electrons. The van der Waals surface area contributed by atoms with Crippen molar-refractivity contribution in [2.24, 2.45) is 0 Å². The van der Waals surface area contributed by atoms with E-state index in [1.165, 1.54) is 18.2 Å². The molecule has 0 radical (unpaired) electrons. The summed E-state index contributed by atoms with van der Waals surface area (Å²) in [6.45, 7) is 2.12. The fourth-order valence-corrected chi connectivity index (χ4v) is 3.45. The number of nitrogens with one attached hydrogen (secondary N) is 1. The van der Waals surface area contributed by atoms with E-state index in [0.717, 1.165) is 31.1 Å². The van der Waals surface area contributed by atoms with Crippen LogP contribution in [-0.2, 0) is 16.3 Å². The van der Waals surface area contributed by atoms with Crippen molar-refractivity contribution in [1.29, 1.82) is 0 Å². The van der Waals surface area contributed by atoms with Gasteiger partial charge < -0.3 is 5.32 Å². The summed E-state index contributed by atoms with van der Waals surface area (Å²) >= 11 is 5.88. The molecule has 0 aliphatic heterocycles. The van der Waals surface area contributed by atoms with Gasteiger partial charge in [-0.25, -0.2) is 13.4 Å². The van der Waals surface area contributed by atoms with Gasteiger partial charge in [0.05, 0.1) is 9.92 Å². The second-order valence-electron chi connectivity index (χ2n) is 5.53. The number of hydrogen-bond donors (Lipinski definition) is 1. The SMILES string of the molecule is CCCCc1ccc(NC(=O)c2ccc(Cl)c(S(C)(=O)=O)c2)nc1. The van der Waals surface area contributed by atoms with E-state index in [9.17, 15) is 13.2 Å². The first-order valence-corrected chi connectivity index (χ1v) is 9.84. The highest BCUT2D eigenvalue weighted by Crippen LogP contribution is 2.23. The Hall–Kier alpha value is -1.92. The van der Waals surface area contributed by atoms with Crippen LogP contribution in [0.15, 0.2) is 41.4 Å². The lowest BCUT2D eigenvalue weighted by Gasteiger charge is -2.08. The smallest absolute Gasteiger partial charge is 0.256 e. The molecule has 0 fully saturated rings. The molecule has 0 aliphatic carbocycles. The third kappa shape index (κ3) is 4.79. The van der Waals surface area contributed by atoms with E-state index in [0.29, 0.717) is 5.82 Å². The molecule has 1 aromatic heterocycles. The quantitative estimate of drug-likeness (QED) is 0.845. The summed E-state index contributed by atoms with van der Waals surface area (Å²) in [6, 6.07) is 7.79. The zero-order valence-electron chi connectivity index (χ0n) is 13.5. The Labute approximate surface area is 147 Å². The molecule has 7 heteroatoms. The molecule has 0 unspecified atom stereocenters. The maximum absolute atomic E-state index is 12.3. The molecular formula is C17H19ClN2O3S. The van der Waals surface area contributed by atoms with Crippen LogP contribution in [0.1, 0.15) is 35.7 Å². The molecule has 1 aromatic carbocycles. The van der Waals surface area contributed by atoms with Crippen LogP contribution in [0, 0.1) is 0 Å². The normalized spacial score (nSPS) is 11.3. The molecule has 0 spiro atoms. The molecule has 0 bridgehead atoms. The van der Waals surface area contributed by atoms with Gasteiger partial charge in [-0.2, -0.15) is 0 Å². The summed E-state index contributed by atoms with van der Waals surface area (Å²) in [4.78, 5) is 16.4. The largest absolute Gasteiger partial charge is 0.307 e. The summed E-state index contributed by atoms with van der Waals surface area (Å²) in [7, 11) is -3.50. The van der Waals surface area contributed by atoms with Gasteiger partial charge in [0.1, 0.15) is 5.82 Å². The van der Waals surface area contributed by atoms with E-state index in [1.807, 2.05) is 6.07 Å². The Bertz CT molecular complexity index is 833. The van der Waals surface area contributed by atoms with Crippen molar-refractivity contribution in [3.05, 3.63) is 52.7 Å². The minimum Gasteiger partial charge on any atom is -0.307 e. The number of carbonyl (C=O) groups is 1. The lowest BCUT2D eigenvalue weighted by atomic mass is 10.1. The van der Waals surface area contributed by atoms with Gasteiger partial charge in [-0.05, 0) is 42.7 Å². The minimum absolute atomic E-state index is 0.0697. The predicted octanol–water partition coefficient (Wildman–Crippen LogP) is 3.73. The second-order valence-corrected chi connectivity index (χ2v) is 7.92. The summed E-state index contributed by atoms with van der Waals surface area (Å²) in [5.41, 5.74) is 1.32. The van der Waals surface area contributed by atoms with Gasteiger partial charge in [0, 0.05) is 18.0 Å². The Morgan fingerprint density at radius 3 is 2.58 bits per heavy atom. The first-order valence-electron chi connectivity index (χ1n) is 7.57. The van der Waals surface area contributed by atoms with Crippen molar-refractivity contribution in [3.8, 4) is 0 Å². The summed E-state index contributed by atoms with van der Waals surface area (Å²) in [5, 5.41) is 2.74. The van der Waals surface area contributed by atoms with Crippen molar-refractivity contribution in [2.45, 2.75) is 31.1 Å². The van der Waals surface area contributed by atoms with Gasteiger partial charge in [-0.1, -0.05) is 31.0 Å². The van der Waals surface area contributed by atoms with Crippen LogP contribution >= 0.6 is 11.6 Å². The molecule has 2 rings (SSSR count). The number of anilines is 1. The maximum Gasteiger partial charge on any atom is 0.256 e. The zero-order chi connectivity index (χ0) is 17.7. The minimum atomic E-state index is -3.50. The van der Waals surface area contributed by atoms with Crippen molar-refractivity contribution in [1.82, 2.24) is 4.98 Å². The van der Waals surface area contributed by atoms with Gasteiger partial charge >= 0.3 is 0 Å². The molecule has 0 saturated carbocycles. The molecule has 1 heterocycles. The number of hydrogen-bond acceptors (Lipinski definition) is 4. The van der Waals surface area contributed by atoms with Crippen LogP contribution in [0.3, 0.4) is 0 Å². The average molecular weight is 367 g/mol. The topological polar surface area (TPSA) is 76.1 Å². The van der Waals surface area contributed by atoms with Crippen LogP contribution in [0.2, 0.25) is 5.02 Å².